The number of ether oxygens (including phenoxy) is 1. The third-order valence-electron chi connectivity index (χ3n) is 4.73. The number of hydrogen-bond donors (Lipinski definition) is 2. The first-order chi connectivity index (χ1) is 8.79. The number of phenols is 1. The van der Waals surface area contributed by atoms with Gasteiger partial charge < -0.3 is 15.2 Å². The van der Waals surface area contributed by atoms with Crippen molar-refractivity contribution < 1.29 is 9.84 Å². The van der Waals surface area contributed by atoms with Gasteiger partial charge in [0.1, 0.15) is 5.75 Å². The fourth-order valence-electron chi connectivity index (χ4n) is 3.85. The summed E-state index contributed by atoms with van der Waals surface area (Å²) < 4.78 is 5.90. The first-order valence-electron chi connectivity index (χ1n) is 7.03. The molecule has 1 aromatic rings. The van der Waals surface area contributed by atoms with E-state index in [4.69, 9.17) is 4.74 Å². The molecule has 18 heavy (non-hydrogen) atoms. The van der Waals surface area contributed by atoms with Crippen LogP contribution in [-0.2, 0) is 11.2 Å². The summed E-state index contributed by atoms with van der Waals surface area (Å²) in [4.78, 5) is 0. The molecular formula is C15H19NO2. The zero-order valence-electron chi connectivity index (χ0n) is 10.4. The molecule has 2 aliphatic heterocycles. The number of rotatable bonds is 2. The molecule has 2 saturated heterocycles. The average molecular weight is 245 g/mol. The Morgan fingerprint density at radius 1 is 1.22 bits per heavy atom. The molecule has 4 rings (SSSR count). The van der Waals surface area contributed by atoms with E-state index >= 15 is 0 Å². The van der Waals surface area contributed by atoms with Gasteiger partial charge in [0, 0.05) is 12.1 Å². The van der Waals surface area contributed by atoms with Gasteiger partial charge in [0.05, 0.1) is 12.2 Å². The third kappa shape index (κ3) is 1.65. The van der Waals surface area contributed by atoms with Crippen LogP contribution in [-0.4, -0.2) is 23.4 Å². The number of fused-ring (bicyclic) bond motifs is 3. The van der Waals surface area contributed by atoms with E-state index < -0.39 is 0 Å². The van der Waals surface area contributed by atoms with Crippen LogP contribution in [0.15, 0.2) is 18.2 Å². The maximum atomic E-state index is 9.51. The van der Waals surface area contributed by atoms with Crippen molar-refractivity contribution in [1.29, 1.82) is 0 Å². The van der Waals surface area contributed by atoms with Crippen LogP contribution in [0.5, 0.6) is 5.75 Å². The Hall–Kier alpha value is -1.06. The van der Waals surface area contributed by atoms with Gasteiger partial charge in [-0.05, 0) is 55.4 Å². The Labute approximate surface area is 107 Å². The second kappa shape index (κ2) is 3.97. The number of phenolic OH excluding ortho intramolecular Hbond substituents is 1. The fraction of sp³-hybridized carbons (Fsp3) is 0.600. The van der Waals surface area contributed by atoms with Gasteiger partial charge in [0.25, 0.3) is 0 Å². The molecule has 1 aliphatic carbocycles. The summed E-state index contributed by atoms with van der Waals surface area (Å²) in [5, 5.41) is 13.3. The Morgan fingerprint density at radius 3 is 2.94 bits per heavy atom. The molecule has 2 fully saturated rings. The van der Waals surface area contributed by atoms with Crippen molar-refractivity contribution in [2.45, 2.75) is 56.4 Å². The summed E-state index contributed by atoms with van der Waals surface area (Å²) in [6.07, 6.45) is 6.81. The summed E-state index contributed by atoms with van der Waals surface area (Å²) in [6, 6.07) is 6.77. The smallest absolute Gasteiger partial charge is 0.115 e. The highest BCUT2D eigenvalue weighted by Gasteiger charge is 2.42. The molecule has 0 aromatic heterocycles. The van der Waals surface area contributed by atoms with Crippen molar-refractivity contribution in [3.63, 3.8) is 0 Å². The van der Waals surface area contributed by atoms with Gasteiger partial charge in [-0.25, -0.2) is 0 Å². The van der Waals surface area contributed by atoms with Crippen LogP contribution in [0, 0.1) is 0 Å². The second-order valence-corrected chi connectivity index (χ2v) is 5.86. The van der Waals surface area contributed by atoms with Crippen molar-refractivity contribution in [3.05, 3.63) is 29.3 Å². The van der Waals surface area contributed by atoms with Gasteiger partial charge in [-0.3, -0.25) is 0 Å². The lowest BCUT2D eigenvalue weighted by Crippen LogP contribution is -2.39. The monoisotopic (exact) mass is 245 g/mol. The van der Waals surface area contributed by atoms with Gasteiger partial charge >= 0.3 is 0 Å². The Morgan fingerprint density at radius 2 is 2.17 bits per heavy atom. The van der Waals surface area contributed by atoms with E-state index in [2.05, 4.69) is 11.4 Å². The zero-order valence-corrected chi connectivity index (χ0v) is 10.4. The molecule has 0 amide bonds. The molecule has 4 atom stereocenters. The van der Waals surface area contributed by atoms with E-state index in [0.29, 0.717) is 30.0 Å². The molecule has 3 heteroatoms. The van der Waals surface area contributed by atoms with Crippen molar-refractivity contribution in [2.75, 3.05) is 0 Å². The van der Waals surface area contributed by atoms with Crippen LogP contribution in [0.25, 0.3) is 0 Å². The molecule has 2 N–H and O–H groups in total. The van der Waals surface area contributed by atoms with E-state index in [1.54, 1.807) is 6.07 Å². The molecule has 1 aromatic carbocycles. The van der Waals surface area contributed by atoms with E-state index in [-0.39, 0.29) is 0 Å². The average Bonchev–Trinajstić information content (AvgIpc) is 3.04. The minimum atomic E-state index is 0.387. The Bertz CT molecular complexity index is 474. The number of benzene rings is 1. The summed E-state index contributed by atoms with van der Waals surface area (Å²) in [5.74, 6) is 0.387. The highest BCUT2D eigenvalue weighted by Crippen LogP contribution is 2.38. The van der Waals surface area contributed by atoms with Crippen LogP contribution >= 0.6 is 0 Å². The fourth-order valence-corrected chi connectivity index (χ4v) is 3.85. The third-order valence-corrected chi connectivity index (χ3v) is 4.73. The maximum Gasteiger partial charge on any atom is 0.115 e. The Kier molecular flexibility index (Phi) is 2.39. The zero-order chi connectivity index (χ0) is 12.1. The minimum Gasteiger partial charge on any atom is -0.508 e. The molecule has 3 aliphatic rings. The highest BCUT2D eigenvalue weighted by molar-refractivity contribution is 5.40. The van der Waals surface area contributed by atoms with Gasteiger partial charge in [-0.2, -0.15) is 0 Å². The molecule has 0 spiro atoms. The predicted octanol–water partition coefficient (Wildman–Crippen LogP) is 2.29. The topological polar surface area (TPSA) is 41.5 Å². The number of hydrogen-bond acceptors (Lipinski definition) is 3. The quantitative estimate of drug-likeness (QED) is 0.840. The molecule has 3 nitrogen and oxygen atoms in total. The van der Waals surface area contributed by atoms with Crippen LogP contribution in [0.3, 0.4) is 0 Å². The lowest BCUT2D eigenvalue weighted by molar-refractivity contribution is 0.0960. The van der Waals surface area contributed by atoms with Crippen molar-refractivity contribution in [1.82, 2.24) is 5.32 Å². The molecule has 96 valence electrons. The van der Waals surface area contributed by atoms with Crippen LogP contribution in [0.4, 0.5) is 0 Å². The lowest BCUT2D eigenvalue weighted by Gasteiger charge is -2.25. The molecular weight excluding hydrogens is 226 g/mol. The van der Waals surface area contributed by atoms with Crippen molar-refractivity contribution >= 4 is 0 Å². The number of aryl methyl sites for hydroxylation is 1. The number of nitrogens with one attached hydrogen (secondary N) is 1. The number of aromatic hydroxyl groups is 1. The van der Waals surface area contributed by atoms with Crippen LogP contribution in [0.1, 0.15) is 42.9 Å². The van der Waals surface area contributed by atoms with E-state index in [0.717, 1.165) is 12.8 Å². The van der Waals surface area contributed by atoms with E-state index in [9.17, 15) is 5.11 Å². The van der Waals surface area contributed by atoms with Gasteiger partial charge in [-0.1, -0.05) is 6.07 Å². The Balaban J connectivity index is 1.51. The SMILES string of the molecule is Oc1ccc2c(c1)CCC2NC1CC2CCC1O2. The maximum absolute atomic E-state index is 9.51. The second-order valence-electron chi connectivity index (χ2n) is 5.86. The van der Waals surface area contributed by atoms with E-state index in [1.165, 1.54) is 30.4 Å². The molecule has 0 saturated carbocycles. The van der Waals surface area contributed by atoms with Crippen LogP contribution in [0.2, 0.25) is 0 Å². The molecule has 0 radical (unpaired) electrons. The summed E-state index contributed by atoms with van der Waals surface area (Å²) in [6.45, 7) is 0. The molecule has 2 bridgehead atoms. The van der Waals surface area contributed by atoms with Gasteiger partial charge in [-0.15, -0.1) is 0 Å². The van der Waals surface area contributed by atoms with Crippen molar-refractivity contribution in [2.24, 2.45) is 0 Å². The normalized spacial score (nSPS) is 37.1. The van der Waals surface area contributed by atoms with Crippen molar-refractivity contribution in [3.8, 4) is 5.75 Å². The lowest BCUT2D eigenvalue weighted by atomic mass is 9.94. The van der Waals surface area contributed by atoms with Gasteiger partial charge in [0.2, 0.25) is 0 Å². The molecule has 4 unspecified atom stereocenters. The minimum absolute atomic E-state index is 0.387. The first kappa shape index (κ1) is 10.8. The first-order valence-corrected chi connectivity index (χ1v) is 7.03. The predicted molar refractivity (Wildman–Crippen MR) is 68.6 cm³/mol. The largest absolute Gasteiger partial charge is 0.508 e. The summed E-state index contributed by atoms with van der Waals surface area (Å²) >= 11 is 0. The van der Waals surface area contributed by atoms with E-state index in [1.807, 2.05) is 6.07 Å². The highest BCUT2D eigenvalue weighted by atomic mass is 16.5. The summed E-state index contributed by atoms with van der Waals surface area (Å²) in [7, 11) is 0. The molecule has 2 heterocycles. The van der Waals surface area contributed by atoms with Crippen LogP contribution < -0.4 is 5.32 Å². The standard InChI is InChI=1S/C15H19NO2/c17-10-2-4-12-9(7-10)1-5-13(12)16-14-8-11-3-6-15(14)18-11/h2,4,7,11,13-17H,1,3,5-6,8H2. The van der Waals surface area contributed by atoms with Gasteiger partial charge in [0.15, 0.2) is 0 Å². The summed E-state index contributed by atoms with van der Waals surface area (Å²) in [5.41, 5.74) is 2.67.